The van der Waals surface area contributed by atoms with Gasteiger partial charge in [0.1, 0.15) is 0 Å². The largest absolute Gasteiger partial charge is 0.354 e. The maximum Gasteiger partial charge on any atom is 0.264 e. The van der Waals surface area contributed by atoms with Gasteiger partial charge >= 0.3 is 0 Å². The first-order chi connectivity index (χ1) is 10.3. The van der Waals surface area contributed by atoms with Crippen molar-refractivity contribution in [2.75, 3.05) is 0 Å². The molecule has 0 radical (unpaired) electrons. The van der Waals surface area contributed by atoms with E-state index in [2.05, 4.69) is 5.32 Å². The Morgan fingerprint density at radius 1 is 1.09 bits per heavy atom. The fraction of sp³-hybridized carbons (Fsp3) is 0.467. The Bertz CT molecular complexity index is 599. The topological polar surface area (TPSA) is 92.3 Å². The van der Waals surface area contributed by atoms with Crippen LogP contribution in [0.25, 0.3) is 0 Å². The molecule has 0 fully saturated rings. The Hall–Kier alpha value is -1.89. The van der Waals surface area contributed by atoms with Crippen LogP contribution in [0, 0.1) is 0 Å². The van der Waals surface area contributed by atoms with Gasteiger partial charge in [0.15, 0.2) is 0 Å². The molecular weight excluding hydrogens is 304 g/mol. The van der Waals surface area contributed by atoms with Gasteiger partial charge in [-0.25, -0.2) is 13.1 Å². The highest BCUT2D eigenvalue weighted by atomic mass is 32.2. The summed E-state index contributed by atoms with van der Waals surface area (Å²) in [5.41, 5.74) is 0. The molecule has 0 aromatic heterocycles. The summed E-state index contributed by atoms with van der Waals surface area (Å²) in [7, 11) is -3.87. The molecule has 1 atom stereocenters. The molecule has 0 saturated carbocycles. The van der Waals surface area contributed by atoms with E-state index in [-0.39, 0.29) is 29.7 Å². The Morgan fingerprint density at radius 2 is 1.68 bits per heavy atom. The van der Waals surface area contributed by atoms with E-state index < -0.39 is 15.9 Å². The minimum Gasteiger partial charge on any atom is -0.354 e. The van der Waals surface area contributed by atoms with E-state index >= 15 is 0 Å². The lowest BCUT2D eigenvalue weighted by Crippen LogP contribution is -2.35. The first-order valence-electron chi connectivity index (χ1n) is 7.25. The van der Waals surface area contributed by atoms with Crippen LogP contribution < -0.4 is 10.0 Å². The van der Waals surface area contributed by atoms with Crippen LogP contribution in [-0.2, 0) is 19.6 Å². The first kappa shape index (κ1) is 18.2. The van der Waals surface area contributed by atoms with Crippen LogP contribution in [0.2, 0.25) is 0 Å². The predicted molar refractivity (Wildman–Crippen MR) is 83.5 cm³/mol. The molecule has 0 aliphatic rings. The van der Waals surface area contributed by atoms with Gasteiger partial charge in [-0.1, -0.05) is 31.5 Å². The van der Waals surface area contributed by atoms with Crippen LogP contribution in [-0.4, -0.2) is 26.3 Å². The van der Waals surface area contributed by atoms with Crippen LogP contribution in [0.1, 0.15) is 39.5 Å². The monoisotopic (exact) mass is 326 g/mol. The number of amides is 2. The van der Waals surface area contributed by atoms with Crippen molar-refractivity contribution in [2.45, 2.75) is 50.5 Å². The molecule has 0 spiro atoms. The SMILES string of the molecule is CCC[C@@H](C)NC(=O)CCC(=O)NS(=O)(=O)c1ccccc1. The van der Waals surface area contributed by atoms with Crippen LogP contribution in [0.5, 0.6) is 0 Å². The second-order valence-electron chi connectivity index (χ2n) is 5.10. The summed E-state index contributed by atoms with van der Waals surface area (Å²) < 4.78 is 25.8. The second kappa shape index (κ2) is 8.53. The molecule has 1 aromatic carbocycles. The Kier molecular flexibility index (Phi) is 7.04. The van der Waals surface area contributed by atoms with Crippen molar-refractivity contribution in [3.63, 3.8) is 0 Å². The molecule has 2 amide bonds. The summed E-state index contributed by atoms with van der Waals surface area (Å²) in [6.45, 7) is 3.91. The van der Waals surface area contributed by atoms with Gasteiger partial charge in [0, 0.05) is 18.9 Å². The molecule has 0 aliphatic carbocycles. The summed E-state index contributed by atoms with van der Waals surface area (Å²) in [5.74, 6) is -0.949. The Balaban J connectivity index is 2.45. The van der Waals surface area contributed by atoms with Gasteiger partial charge in [-0.3, -0.25) is 9.59 Å². The molecular formula is C15H22N2O4S. The Morgan fingerprint density at radius 3 is 2.27 bits per heavy atom. The van der Waals surface area contributed by atoms with E-state index in [0.29, 0.717) is 0 Å². The zero-order valence-corrected chi connectivity index (χ0v) is 13.7. The molecule has 0 heterocycles. The van der Waals surface area contributed by atoms with Crippen molar-refractivity contribution < 1.29 is 18.0 Å². The molecule has 1 rings (SSSR count). The maximum absolute atomic E-state index is 11.9. The lowest BCUT2D eigenvalue weighted by atomic mass is 10.2. The fourth-order valence-electron chi connectivity index (χ4n) is 1.94. The van der Waals surface area contributed by atoms with Crippen LogP contribution in [0.15, 0.2) is 35.2 Å². The number of sulfonamides is 1. The standard InChI is InChI=1S/C15H22N2O4S/c1-3-7-12(2)16-14(18)10-11-15(19)17-22(20,21)13-8-5-4-6-9-13/h4-6,8-9,12H,3,7,10-11H2,1-2H3,(H,16,18)(H,17,19)/t12-/m1/s1. The first-order valence-corrected chi connectivity index (χ1v) is 8.73. The number of rotatable bonds is 8. The molecule has 2 N–H and O–H groups in total. The average Bonchev–Trinajstić information content (AvgIpc) is 2.46. The molecule has 0 aliphatic heterocycles. The fourth-order valence-corrected chi connectivity index (χ4v) is 2.97. The van der Waals surface area contributed by atoms with Crippen LogP contribution in [0.3, 0.4) is 0 Å². The van der Waals surface area contributed by atoms with Crippen molar-refractivity contribution in [2.24, 2.45) is 0 Å². The quantitative estimate of drug-likeness (QED) is 0.758. The van der Waals surface area contributed by atoms with Crippen molar-refractivity contribution in [3.05, 3.63) is 30.3 Å². The number of carbonyl (C=O) groups excluding carboxylic acids is 2. The molecule has 1 aromatic rings. The van der Waals surface area contributed by atoms with Crippen molar-refractivity contribution in [3.8, 4) is 0 Å². The van der Waals surface area contributed by atoms with Crippen molar-refractivity contribution in [1.82, 2.24) is 10.0 Å². The third-order valence-corrected chi connectivity index (χ3v) is 4.40. The van der Waals surface area contributed by atoms with Gasteiger partial charge in [0.05, 0.1) is 4.90 Å². The summed E-state index contributed by atoms with van der Waals surface area (Å²) >= 11 is 0. The Labute approximate surface area is 131 Å². The minimum atomic E-state index is -3.87. The molecule has 6 nitrogen and oxygen atoms in total. The summed E-state index contributed by atoms with van der Waals surface area (Å²) in [6, 6.07) is 7.67. The third-order valence-electron chi connectivity index (χ3n) is 3.01. The molecule has 7 heteroatoms. The molecule has 0 unspecified atom stereocenters. The number of hydrogen-bond donors (Lipinski definition) is 2. The van der Waals surface area contributed by atoms with Gasteiger partial charge in [0.2, 0.25) is 11.8 Å². The zero-order chi connectivity index (χ0) is 16.6. The summed E-state index contributed by atoms with van der Waals surface area (Å²) in [5, 5.41) is 2.76. The van der Waals surface area contributed by atoms with E-state index in [0.717, 1.165) is 12.8 Å². The van der Waals surface area contributed by atoms with Crippen molar-refractivity contribution in [1.29, 1.82) is 0 Å². The van der Waals surface area contributed by atoms with Gasteiger partial charge in [-0.2, -0.15) is 0 Å². The number of nitrogens with one attached hydrogen (secondary N) is 2. The van der Waals surface area contributed by atoms with E-state index in [1.54, 1.807) is 18.2 Å². The second-order valence-corrected chi connectivity index (χ2v) is 6.78. The van der Waals surface area contributed by atoms with E-state index in [4.69, 9.17) is 0 Å². The van der Waals surface area contributed by atoms with E-state index in [1.165, 1.54) is 12.1 Å². The van der Waals surface area contributed by atoms with E-state index in [9.17, 15) is 18.0 Å². The highest BCUT2D eigenvalue weighted by Gasteiger charge is 2.18. The van der Waals surface area contributed by atoms with Crippen LogP contribution >= 0.6 is 0 Å². The molecule has 122 valence electrons. The molecule has 0 saturated heterocycles. The zero-order valence-electron chi connectivity index (χ0n) is 12.8. The summed E-state index contributed by atoms with van der Waals surface area (Å²) in [6.07, 6.45) is 1.61. The van der Waals surface area contributed by atoms with Gasteiger partial charge in [0.25, 0.3) is 10.0 Å². The normalized spacial score (nSPS) is 12.5. The highest BCUT2D eigenvalue weighted by Crippen LogP contribution is 2.07. The lowest BCUT2D eigenvalue weighted by molar-refractivity contribution is -0.126. The van der Waals surface area contributed by atoms with Crippen molar-refractivity contribution >= 4 is 21.8 Å². The molecule has 0 bridgehead atoms. The predicted octanol–water partition coefficient (Wildman–Crippen LogP) is 1.58. The minimum absolute atomic E-state index is 0.0179. The lowest BCUT2D eigenvalue weighted by Gasteiger charge is -2.12. The maximum atomic E-state index is 11.9. The third kappa shape index (κ3) is 6.26. The average molecular weight is 326 g/mol. The number of hydrogen-bond acceptors (Lipinski definition) is 4. The smallest absolute Gasteiger partial charge is 0.264 e. The van der Waals surface area contributed by atoms with Gasteiger partial charge < -0.3 is 5.32 Å². The van der Waals surface area contributed by atoms with Gasteiger partial charge in [-0.15, -0.1) is 0 Å². The summed E-state index contributed by atoms with van der Waals surface area (Å²) in [4.78, 5) is 23.3. The van der Waals surface area contributed by atoms with Crippen LogP contribution in [0.4, 0.5) is 0 Å². The van der Waals surface area contributed by atoms with Gasteiger partial charge in [-0.05, 0) is 25.5 Å². The van der Waals surface area contributed by atoms with E-state index in [1.807, 2.05) is 18.6 Å². The number of carbonyl (C=O) groups is 2. The highest BCUT2D eigenvalue weighted by molar-refractivity contribution is 7.90. The molecule has 22 heavy (non-hydrogen) atoms. The number of benzene rings is 1.